The summed E-state index contributed by atoms with van der Waals surface area (Å²) in [5.74, 6) is 1.71. The van der Waals surface area contributed by atoms with E-state index in [0.29, 0.717) is 0 Å². The highest BCUT2D eigenvalue weighted by atomic mass is 15.1. The maximum atomic E-state index is 3.71. The Bertz CT molecular complexity index is 230. The molecule has 1 N–H and O–H groups in total. The van der Waals surface area contributed by atoms with Gasteiger partial charge in [-0.2, -0.15) is 0 Å². The van der Waals surface area contributed by atoms with Gasteiger partial charge in [0.25, 0.3) is 0 Å². The Hall–Kier alpha value is -0.120. The molecule has 19 heavy (non-hydrogen) atoms. The van der Waals surface area contributed by atoms with E-state index >= 15 is 0 Å². The molecule has 2 saturated heterocycles. The van der Waals surface area contributed by atoms with Crippen LogP contribution in [0, 0.1) is 11.8 Å². The molecule has 0 aromatic rings. The molecule has 2 heterocycles. The number of hydrogen-bond acceptors (Lipinski definition) is 3. The molecular weight excluding hydrogens is 234 g/mol. The molecule has 2 aliphatic heterocycles. The zero-order valence-electron chi connectivity index (χ0n) is 13.0. The third-order valence-corrected chi connectivity index (χ3v) is 4.78. The first-order valence-corrected chi connectivity index (χ1v) is 8.35. The van der Waals surface area contributed by atoms with E-state index in [-0.39, 0.29) is 0 Å². The van der Waals surface area contributed by atoms with Crippen molar-refractivity contribution in [2.24, 2.45) is 11.8 Å². The summed E-state index contributed by atoms with van der Waals surface area (Å²) >= 11 is 0. The van der Waals surface area contributed by atoms with Crippen LogP contribution < -0.4 is 5.32 Å². The molecule has 0 aromatic carbocycles. The molecule has 3 heteroatoms. The summed E-state index contributed by atoms with van der Waals surface area (Å²) in [6.45, 7) is 11.4. The highest BCUT2D eigenvalue weighted by Gasteiger charge is 2.17. The van der Waals surface area contributed by atoms with E-state index in [2.05, 4.69) is 29.1 Å². The highest BCUT2D eigenvalue weighted by molar-refractivity contribution is 4.73. The molecule has 2 aliphatic rings. The van der Waals surface area contributed by atoms with Crippen molar-refractivity contribution < 1.29 is 0 Å². The van der Waals surface area contributed by atoms with Crippen LogP contribution in [0.2, 0.25) is 0 Å². The van der Waals surface area contributed by atoms with E-state index in [1.165, 1.54) is 77.9 Å². The standard InChI is InChI=1S/C16H33N3/c1-15(14-19-8-4-3-5-9-19)12-17-13-16-6-10-18(2)11-7-16/h15-17H,3-14H2,1-2H3. The first-order valence-electron chi connectivity index (χ1n) is 8.35. The minimum Gasteiger partial charge on any atom is -0.316 e. The number of hydrogen-bond donors (Lipinski definition) is 1. The van der Waals surface area contributed by atoms with Gasteiger partial charge in [-0.15, -0.1) is 0 Å². The molecule has 0 spiro atoms. The first-order chi connectivity index (χ1) is 9.24. The average Bonchev–Trinajstić information content (AvgIpc) is 2.42. The molecule has 3 nitrogen and oxygen atoms in total. The van der Waals surface area contributed by atoms with Crippen LogP contribution in [0.25, 0.3) is 0 Å². The Kier molecular flexibility index (Phi) is 6.62. The predicted molar refractivity (Wildman–Crippen MR) is 82.5 cm³/mol. The van der Waals surface area contributed by atoms with Gasteiger partial charge in [-0.1, -0.05) is 13.3 Å². The number of nitrogens with one attached hydrogen (secondary N) is 1. The lowest BCUT2D eigenvalue weighted by Crippen LogP contribution is -2.39. The zero-order chi connectivity index (χ0) is 13.5. The molecule has 0 aliphatic carbocycles. The van der Waals surface area contributed by atoms with Crippen molar-refractivity contribution in [3.05, 3.63) is 0 Å². The molecule has 0 bridgehead atoms. The molecule has 1 unspecified atom stereocenters. The van der Waals surface area contributed by atoms with Crippen molar-refractivity contribution in [2.75, 3.05) is 52.9 Å². The topological polar surface area (TPSA) is 18.5 Å². The van der Waals surface area contributed by atoms with Gasteiger partial charge in [-0.3, -0.25) is 0 Å². The van der Waals surface area contributed by atoms with E-state index in [9.17, 15) is 0 Å². The molecule has 0 saturated carbocycles. The van der Waals surface area contributed by atoms with Gasteiger partial charge in [0.1, 0.15) is 0 Å². The molecule has 0 radical (unpaired) electrons. The molecule has 2 fully saturated rings. The van der Waals surface area contributed by atoms with Crippen molar-refractivity contribution in [3.63, 3.8) is 0 Å². The molecule has 112 valence electrons. The monoisotopic (exact) mass is 267 g/mol. The van der Waals surface area contributed by atoms with Crippen LogP contribution in [-0.2, 0) is 0 Å². The Morgan fingerprint density at radius 3 is 2.42 bits per heavy atom. The molecule has 2 rings (SSSR count). The lowest BCUT2D eigenvalue weighted by atomic mass is 9.97. The normalized spacial score (nSPS) is 25.6. The van der Waals surface area contributed by atoms with Gasteiger partial charge in [0, 0.05) is 6.54 Å². The maximum Gasteiger partial charge on any atom is 0.00191 e. The Morgan fingerprint density at radius 2 is 1.74 bits per heavy atom. The molecule has 1 atom stereocenters. The quantitative estimate of drug-likeness (QED) is 0.794. The van der Waals surface area contributed by atoms with Crippen molar-refractivity contribution in [3.8, 4) is 0 Å². The van der Waals surface area contributed by atoms with E-state index < -0.39 is 0 Å². The summed E-state index contributed by atoms with van der Waals surface area (Å²) in [5.41, 5.74) is 0. The maximum absolute atomic E-state index is 3.71. The van der Waals surface area contributed by atoms with Gasteiger partial charge >= 0.3 is 0 Å². The molecule has 0 amide bonds. The van der Waals surface area contributed by atoms with Crippen molar-refractivity contribution in [1.29, 1.82) is 0 Å². The van der Waals surface area contributed by atoms with Gasteiger partial charge in [0.05, 0.1) is 0 Å². The van der Waals surface area contributed by atoms with Crippen LogP contribution in [-0.4, -0.2) is 62.7 Å². The van der Waals surface area contributed by atoms with Gasteiger partial charge in [-0.05, 0) is 83.8 Å². The fraction of sp³-hybridized carbons (Fsp3) is 1.00. The van der Waals surface area contributed by atoms with Gasteiger partial charge in [-0.25, -0.2) is 0 Å². The number of rotatable bonds is 6. The van der Waals surface area contributed by atoms with Crippen molar-refractivity contribution in [1.82, 2.24) is 15.1 Å². The van der Waals surface area contributed by atoms with Gasteiger partial charge < -0.3 is 15.1 Å². The predicted octanol–water partition coefficient (Wildman–Crippen LogP) is 2.04. The lowest BCUT2D eigenvalue weighted by Gasteiger charge is -2.31. The van der Waals surface area contributed by atoms with E-state index in [4.69, 9.17) is 0 Å². The summed E-state index contributed by atoms with van der Waals surface area (Å²) in [7, 11) is 2.24. The Labute approximate surface area is 119 Å². The lowest BCUT2D eigenvalue weighted by molar-refractivity contribution is 0.192. The highest BCUT2D eigenvalue weighted by Crippen LogP contribution is 2.15. The third-order valence-electron chi connectivity index (χ3n) is 4.78. The largest absolute Gasteiger partial charge is 0.316 e. The number of piperidine rings is 2. The Morgan fingerprint density at radius 1 is 1.05 bits per heavy atom. The smallest absolute Gasteiger partial charge is 0.00191 e. The molecular formula is C16H33N3. The first kappa shape index (κ1) is 15.3. The summed E-state index contributed by atoms with van der Waals surface area (Å²) in [4.78, 5) is 5.11. The van der Waals surface area contributed by atoms with Crippen LogP contribution in [0.4, 0.5) is 0 Å². The molecule has 0 aromatic heterocycles. The number of likely N-dealkylation sites (tertiary alicyclic amines) is 2. The van der Waals surface area contributed by atoms with Crippen molar-refractivity contribution in [2.45, 2.75) is 39.0 Å². The second-order valence-electron chi connectivity index (χ2n) is 6.87. The fourth-order valence-corrected chi connectivity index (χ4v) is 3.45. The average molecular weight is 267 g/mol. The minimum absolute atomic E-state index is 0.796. The van der Waals surface area contributed by atoms with Crippen molar-refractivity contribution >= 4 is 0 Å². The van der Waals surface area contributed by atoms with Crippen LogP contribution in [0.3, 0.4) is 0 Å². The third kappa shape index (κ3) is 5.80. The number of nitrogens with zero attached hydrogens (tertiary/aromatic N) is 2. The van der Waals surface area contributed by atoms with Crippen LogP contribution in [0.15, 0.2) is 0 Å². The van der Waals surface area contributed by atoms with Crippen LogP contribution >= 0.6 is 0 Å². The summed E-state index contributed by atoms with van der Waals surface area (Å²) in [5, 5.41) is 3.71. The van der Waals surface area contributed by atoms with Crippen LogP contribution in [0.5, 0.6) is 0 Å². The van der Waals surface area contributed by atoms with Gasteiger partial charge in [0.2, 0.25) is 0 Å². The second-order valence-corrected chi connectivity index (χ2v) is 6.87. The fourth-order valence-electron chi connectivity index (χ4n) is 3.45. The SMILES string of the molecule is CC(CNCC1CCN(C)CC1)CN1CCCCC1. The summed E-state index contributed by atoms with van der Waals surface area (Å²) in [6, 6.07) is 0. The summed E-state index contributed by atoms with van der Waals surface area (Å²) in [6.07, 6.45) is 7.03. The summed E-state index contributed by atoms with van der Waals surface area (Å²) < 4.78 is 0. The van der Waals surface area contributed by atoms with Crippen LogP contribution in [0.1, 0.15) is 39.0 Å². The Balaban J connectivity index is 1.52. The van der Waals surface area contributed by atoms with E-state index in [1.54, 1.807) is 0 Å². The zero-order valence-corrected chi connectivity index (χ0v) is 13.0. The van der Waals surface area contributed by atoms with Gasteiger partial charge in [0.15, 0.2) is 0 Å². The second kappa shape index (κ2) is 8.23. The minimum atomic E-state index is 0.796. The van der Waals surface area contributed by atoms with E-state index in [1.807, 2.05) is 0 Å². The van der Waals surface area contributed by atoms with E-state index in [0.717, 1.165) is 11.8 Å².